The number of aliphatic imine (C=N–C) groups is 1. The van der Waals surface area contributed by atoms with Gasteiger partial charge in [-0.1, -0.05) is 30.3 Å². The largest absolute Gasteiger partial charge is 0.480 e. The molecule has 2 amide bonds. The number of nitrogens with zero attached hydrogens (tertiary/aromatic N) is 5. The molecule has 13 heteroatoms. The quantitative estimate of drug-likeness (QED) is 0.325. The Labute approximate surface area is 226 Å². The minimum Gasteiger partial charge on any atom is -0.480 e. The van der Waals surface area contributed by atoms with Gasteiger partial charge in [-0.05, 0) is 31.7 Å². The highest BCUT2D eigenvalue weighted by molar-refractivity contribution is 5.92. The predicted octanol–water partition coefficient (Wildman–Crippen LogP) is 1.35. The Morgan fingerprint density at radius 1 is 1.26 bits per heavy atom. The number of carboxylic acid groups (broad SMARTS) is 1. The van der Waals surface area contributed by atoms with E-state index in [4.69, 9.17) is 4.74 Å². The molecule has 1 aromatic heterocycles. The van der Waals surface area contributed by atoms with Crippen LogP contribution >= 0.6 is 0 Å². The van der Waals surface area contributed by atoms with E-state index >= 15 is 0 Å². The number of amides is 2. The molecule has 0 unspecified atom stereocenters. The van der Waals surface area contributed by atoms with Crippen LogP contribution in [0.1, 0.15) is 30.5 Å². The van der Waals surface area contributed by atoms with E-state index in [1.165, 1.54) is 4.90 Å². The molecule has 1 atom stereocenters. The van der Waals surface area contributed by atoms with Gasteiger partial charge in [0.2, 0.25) is 12.4 Å². The molecule has 4 rings (SSSR count). The third-order valence-corrected chi connectivity index (χ3v) is 6.56. The fourth-order valence-corrected chi connectivity index (χ4v) is 4.50. The molecular weight excluding hydrogens is 504 g/mol. The Morgan fingerprint density at radius 2 is 2.03 bits per heavy atom. The molecule has 0 saturated carbocycles. The van der Waals surface area contributed by atoms with Gasteiger partial charge in [0.15, 0.2) is 5.96 Å². The highest BCUT2D eigenvalue weighted by Gasteiger charge is 2.30. The van der Waals surface area contributed by atoms with Crippen molar-refractivity contribution in [2.45, 2.75) is 44.9 Å². The van der Waals surface area contributed by atoms with Gasteiger partial charge in [0, 0.05) is 44.0 Å². The number of benzene rings is 1. The van der Waals surface area contributed by atoms with E-state index in [0.717, 1.165) is 36.6 Å². The van der Waals surface area contributed by atoms with Crippen LogP contribution in [0.5, 0.6) is 0 Å². The van der Waals surface area contributed by atoms with E-state index in [1.54, 1.807) is 12.1 Å². The number of rotatable bonds is 10. The molecule has 0 radical (unpaired) electrons. The zero-order chi connectivity index (χ0) is 27.6. The van der Waals surface area contributed by atoms with Crippen LogP contribution in [-0.4, -0.2) is 89.2 Å². The van der Waals surface area contributed by atoms with Crippen molar-refractivity contribution in [2.75, 3.05) is 42.9 Å². The van der Waals surface area contributed by atoms with Crippen LogP contribution in [0, 0.1) is 6.92 Å². The number of piperidine rings is 1. The zero-order valence-electron chi connectivity index (χ0n) is 21.9. The first kappa shape index (κ1) is 27.6. The highest BCUT2D eigenvalue weighted by Crippen LogP contribution is 2.22. The van der Waals surface area contributed by atoms with Gasteiger partial charge in [0.05, 0.1) is 6.54 Å². The summed E-state index contributed by atoms with van der Waals surface area (Å²) in [4.78, 5) is 53.0. The molecule has 2 aliphatic rings. The van der Waals surface area contributed by atoms with Crippen LogP contribution in [0.15, 0.2) is 41.4 Å². The summed E-state index contributed by atoms with van der Waals surface area (Å²) in [6, 6.07) is 9.50. The molecule has 0 aliphatic carbocycles. The summed E-state index contributed by atoms with van der Waals surface area (Å²) < 4.78 is 5.14. The van der Waals surface area contributed by atoms with Crippen LogP contribution in [0.4, 0.5) is 16.6 Å². The lowest BCUT2D eigenvalue weighted by Gasteiger charge is -2.38. The van der Waals surface area contributed by atoms with Crippen LogP contribution in [-0.2, 0) is 20.9 Å². The molecule has 13 nitrogen and oxygen atoms in total. The predicted molar refractivity (Wildman–Crippen MR) is 145 cm³/mol. The number of carbonyl (C=O) groups is 3. The zero-order valence-corrected chi connectivity index (χ0v) is 21.9. The van der Waals surface area contributed by atoms with Gasteiger partial charge in [-0.2, -0.15) is 4.98 Å². The number of ether oxygens (including phenoxy) is 1. The first-order chi connectivity index (χ1) is 18.9. The average molecular weight is 539 g/mol. The summed E-state index contributed by atoms with van der Waals surface area (Å²) in [5, 5.41) is 18.3. The SMILES string of the molecule is Cc1cc(N2CCC(N(C=O)C[C@H](NC(=O)OCc3ccccc3)C(=O)O)CC2)nc(NC2=NCCCN2)n1. The molecule has 2 aliphatic heterocycles. The third kappa shape index (κ3) is 8.03. The van der Waals surface area contributed by atoms with E-state index in [0.29, 0.717) is 44.2 Å². The minimum atomic E-state index is -1.30. The summed E-state index contributed by atoms with van der Waals surface area (Å²) in [6.45, 7) is 4.58. The van der Waals surface area contributed by atoms with Gasteiger partial charge in [0.25, 0.3) is 0 Å². The maximum Gasteiger partial charge on any atom is 0.408 e. The minimum absolute atomic E-state index is 0.0131. The maximum atomic E-state index is 12.2. The molecule has 208 valence electrons. The lowest BCUT2D eigenvalue weighted by atomic mass is 10.0. The van der Waals surface area contributed by atoms with Crippen molar-refractivity contribution in [2.24, 2.45) is 4.99 Å². The molecule has 1 fully saturated rings. The number of carbonyl (C=O) groups excluding carboxylic acids is 2. The van der Waals surface area contributed by atoms with E-state index in [2.05, 4.69) is 35.8 Å². The number of alkyl carbamates (subject to hydrolysis) is 1. The van der Waals surface area contributed by atoms with Crippen LogP contribution in [0.25, 0.3) is 0 Å². The van der Waals surface area contributed by atoms with Crippen molar-refractivity contribution in [1.82, 2.24) is 25.5 Å². The number of nitrogens with one attached hydrogen (secondary N) is 3. The Morgan fingerprint density at radius 3 is 2.69 bits per heavy atom. The Hall–Kier alpha value is -4.42. The number of aliphatic carboxylic acids is 1. The second-order valence-electron chi connectivity index (χ2n) is 9.44. The lowest BCUT2D eigenvalue weighted by molar-refractivity contribution is -0.140. The van der Waals surface area contributed by atoms with Gasteiger partial charge in [0.1, 0.15) is 18.5 Å². The lowest BCUT2D eigenvalue weighted by Crippen LogP contribution is -2.53. The van der Waals surface area contributed by atoms with E-state index in [1.807, 2.05) is 31.2 Å². The topological polar surface area (TPSA) is 161 Å². The second-order valence-corrected chi connectivity index (χ2v) is 9.44. The number of anilines is 2. The van der Waals surface area contributed by atoms with Gasteiger partial charge in [-0.25, -0.2) is 14.6 Å². The van der Waals surface area contributed by atoms with Crippen molar-refractivity contribution in [3.05, 3.63) is 47.7 Å². The van der Waals surface area contributed by atoms with Crippen LogP contribution in [0.2, 0.25) is 0 Å². The molecule has 3 heterocycles. The van der Waals surface area contributed by atoms with Gasteiger partial charge < -0.3 is 30.3 Å². The second kappa shape index (κ2) is 13.4. The number of carboxylic acids is 1. The van der Waals surface area contributed by atoms with Gasteiger partial charge in [-0.3, -0.25) is 15.1 Å². The summed E-state index contributed by atoms with van der Waals surface area (Å²) >= 11 is 0. The molecule has 0 bridgehead atoms. The number of aromatic nitrogens is 2. The summed E-state index contributed by atoms with van der Waals surface area (Å²) in [6.07, 6.45) is 2.00. The molecular formula is C26H34N8O5. The maximum absolute atomic E-state index is 12.2. The smallest absolute Gasteiger partial charge is 0.408 e. The highest BCUT2D eigenvalue weighted by atomic mass is 16.5. The Kier molecular flexibility index (Phi) is 9.48. The van der Waals surface area contributed by atoms with Crippen LogP contribution in [0.3, 0.4) is 0 Å². The fraction of sp³-hybridized carbons (Fsp3) is 0.462. The van der Waals surface area contributed by atoms with E-state index in [9.17, 15) is 19.5 Å². The van der Waals surface area contributed by atoms with Gasteiger partial charge >= 0.3 is 12.1 Å². The third-order valence-electron chi connectivity index (χ3n) is 6.56. The molecule has 1 saturated heterocycles. The molecule has 1 aromatic carbocycles. The van der Waals surface area contributed by atoms with E-state index in [-0.39, 0.29) is 19.2 Å². The Balaban J connectivity index is 1.31. The number of hydrogen-bond acceptors (Lipinski definition) is 10. The average Bonchev–Trinajstić information content (AvgIpc) is 2.95. The normalized spacial score (nSPS) is 16.3. The number of hydrogen-bond donors (Lipinski definition) is 4. The molecule has 2 aromatic rings. The van der Waals surface area contributed by atoms with Crippen molar-refractivity contribution in [1.29, 1.82) is 0 Å². The summed E-state index contributed by atoms with van der Waals surface area (Å²) in [7, 11) is 0. The summed E-state index contributed by atoms with van der Waals surface area (Å²) in [5.41, 5.74) is 1.59. The molecule has 39 heavy (non-hydrogen) atoms. The summed E-state index contributed by atoms with van der Waals surface area (Å²) in [5.74, 6) is 0.640. The molecule has 4 N–H and O–H groups in total. The van der Waals surface area contributed by atoms with Crippen molar-refractivity contribution < 1.29 is 24.2 Å². The first-order valence-corrected chi connectivity index (χ1v) is 13.0. The number of aryl methyl sites for hydroxylation is 1. The van der Waals surface area contributed by atoms with Crippen LogP contribution < -0.4 is 20.9 Å². The molecule has 0 spiro atoms. The van der Waals surface area contributed by atoms with Crippen molar-refractivity contribution in [3.8, 4) is 0 Å². The Bertz CT molecular complexity index is 1170. The van der Waals surface area contributed by atoms with Crippen molar-refractivity contribution in [3.63, 3.8) is 0 Å². The monoisotopic (exact) mass is 538 g/mol. The fourth-order valence-electron chi connectivity index (χ4n) is 4.50. The van der Waals surface area contributed by atoms with Crippen molar-refractivity contribution >= 4 is 36.2 Å². The standard InChI is InChI=1S/C26H34N8O5/c1-18-14-22(31-25(29-18)32-24-27-10-5-11-28-24)33-12-8-20(9-13-33)34(17-35)15-21(23(36)37)30-26(38)39-16-19-6-3-2-4-7-19/h2-4,6-7,14,17,20-21H,5,8-13,15-16H2,1H3,(H,30,38)(H,36,37)(H2,27,28,29,31,32)/t21-/m0/s1. The first-order valence-electron chi connectivity index (χ1n) is 13.0. The number of guanidine groups is 1. The van der Waals surface area contributed by atoms with Gasteiger partial charge in [-0.15, -0.1) is 0 Å². The van der Waals surface area contributed by atoms with E-state index < -0.39 is 18.1 Å².